The van der Waals surface area contributed by atoms with Crippen molar-refractivity contribution in [1.29, 1.82) is 0 Å². The molecule has 0 fully saturated rings. The predicted octanol–water partition coefficient (Wildman–Crippen LogP) is 5.07. The van der Waals surface area contributed by atoms with Crippen LogP contribution in [0.2, 0.25) is 0 Å². The van der Waals surface area contributed by atoms with Gasteiger partial charge >= 0.3 is 5.97 Å². The molecule has 0 aliphatic rings. The number of aromatic nitrogens is 1. The van der Waals surface area contributed by atoms with Crippen molar-refractivity contribution < 1.29 is 14.3 Å². The summed E-state index contributed by atoms with van der Waals surface area (Å²) in [5.74, 6) is 0.449. The lowest BCUT2D eigenvalue weighted by Crippen LogP contribution is -2.10. The van der Waals surface area contributed by atoms with Gasteiger partial charge in [-0.15, -0.1) is 11.3 Å². The molecule has 0 aliphatic heterocycles. The Labute approximate surface area is 151 Å². The normalized spacial score (nSPS) is 10.9. The number of hydrogen-bond acceptors (Lipinski definition) is 5. The number of nitrogens with zero attached hydrogens (tertiary/aromatic N) is 1. The average molecular weight is 355 g/mol. The molecule has 4 nitrogen and oxygen atoms in total. The molecule has 0 saturated heterocycles. The summed E-state index contributed by atoms with van der Waals surface area (Å²) in [5.41, 5.74) is 4.24. The topological polar surface area (TPSA) is 48.4 Å². The minimum absolute atomic E-state index is 0.330. The number of carbonyl (C=O) groups is 1. The molecule has 3 aromatic rings. The van der Waals surface area contributed by atoms with E-state index in [0.717, 1.165) is 32.7 Å². The zero-order chi connectivity index (χ0) is 18.1. The molecule has 0 atom stereocenters. The molecular weight excluding hydrogens is 334 g/mol. The van der Waals surface area contributed by atoms with Crippen molar-refractivity contribution in [1.82, 2.24) is 4.98 Å². The summed E-state index contributed by atoms with van der Waals surface area (Å²) in [5, 5.41) is 1.03. The predicted molar refractivity (Wildman–Crippen MR) is 102 cm³/mol. The first-order valence-corrected chi connectivity index (χ1v) is 9.01. The summed E-state index contributed by atoms with van der Waals surface area (Å²) >= 11 is 1.66. The lowest BCUT2D eigenvalue weighted by Gasteiger charge is -2.14. The number of aryl methyl sites for hydroxylation is 3. The molecule has 5 heteroatoms. The minimum atomic E-state index is -0.330. The SMILES string of the molecule is CCOC(=O)c1c(C)nc2sc(C)c(C)c2c1-c1ccc(OC)cc1. The van der Waals surface area contributed by atoms with Crippen molar-refractivity contribution in [3.8, 4) is 16.9 Å². The molecule has 3 rings (SSSR count). The monoisotopic (exact) mass is 355 g/mol. The Morgan fingerprint density at radius 3 is 2.44 bits per heavy atom. The minimum Gasteiger partial charge on any atom is -0.497 e. The second-order valence-corrected chi connectivity index (χ2v) is 7.06. The van der Waals surface area contributed by atoms with Gasteiger partial charge in [0.15, 0.2) is 0 Å². The number of fused-ring (bicyclic) bond motifs is 1. The highest BCUT2D eigenvalue weighted by atomic mass is 32.1. The fraction of sp³-hybridized carbons (Fsp3) is 0.300. The third-order valence-electron chi connectivity index (χ3n) is 4.36. The summed E-state index contributed by atoms with van der Waals surface area (Å²) in [6, 6.07) is 7.76. The van der Waals surface area contributed by atoms with E-state index in [1.807, 2.05) is 38.1 Å². The van der Waals surface area contributed by atoms with Gasteiger partial charge in [0.05, 0.1) is 25.0 Å². The van der Waals surface area contributed by atoms with Gasteiger partial charge in [0.25, 0.3) is 0 Å². The number of hydrogen-bond donors (Lipinski definition) is 0. The fourth-order valence-corrected chi connectivity index (χ4v) is 4.08. The third kappa shape index (κ3) is 3.00. The maximum atomic E-state index is 12.7. The van der Waals surface area contributed by atoms with Crippen LogP contribution in [0.3, 0.4) is 0 Å². The Kier molecular flexibility index (Phi) is 4.77. The lowest BCUT2D eigenvalue weighted by molar-refractivity contribution is 0.0526. The van der Waals surface area contributed by atoms with Crippen LogP contribution in [0, 0.1) is 20.8 Å². The molecule has 2 heterocycles. The van der Waals surface area contributed by atoms with Crippen LogP contribution >= 0.6 is 11.3 Å². The molecular formula is C20H21NO3S. The Bertz CT molecular complexity index is 942. The van der Waals surface area contributed by atoms with Gasteiger partial charge in [-0.2, -0.15) is 0 Å². The van der Waals surface area contributed by atoms with Crippen molar-refractivity contribution in [2.45, 2.75) is 27.7 Å². The summed E-state index contributed by atoms with van der Waals surface area (Å²) in [6.45, 7) is 8.17. The van der Waals surface area contributed by atoms with Crippen molar-refractivity contribution in [2.24, 2.45) is 0 Å². The zero-order valence-electron chi connectivity index (χ0n) is 15.1. The van der Waals surface area contributed by atoms with Gasteiger partial charge in [-0.3, -0.25) is 0 Å². The molecule has 25 heavy (non-hydrogen) atoms. The van der Waals surface area contributed by atoms with Crippen molar-refractivity contribution >= 4 is 27.5 Å². The van der Waals surface area contributed by atoms with E-state index in [4.69, 9.17) is 9.47 Å². The highest BCUT2D eigenvalue weighted by molar-refractivity contribution is 7.18. The average Bonchev–Trinajstić information content (AvgIpc) is 2.88. The van der Waals surface area contributed by atoms with Gasteiger partial charge in [-0.05, 0) is 51.0 Å². The number of methoxy groups -OCH3 is 1. The Morgan fingerprint density at radius 1 is 1.16 bits per heavy atom. The number of ether oxygens (including phenoxy) is 2. The molecule has 0 spiro atoms. The van der Waals surface area contributed by atoms with Gasteiger partial charge < -0.3 is 9.47 Å². The second kappa shape index (κ2) is 6.84. The Hall–Kier alpha value is -2.40. The first kappa shape index (κ1) is 17.4. The molecule has 1 aromatic carbocycles. The van der Waals surface area contributed by atoms with Crippen LogP contribution in [0.1, 0.15) is 33.4 Å². The van der Waals surface area contributed by atoms with Crippen LogP contribution in [0.25, 0.3) is 21.3 Å². The number of pyridine rings is 1. The van der Waals surface area contributed by atoms with Crippen LogP contribution in [-0.2, 0) is 4.74 Å². The maximum Gasteiger partial charge on any atom is 0.340 e. The van der Waals surface area contributed by atoms with E-state index in [1.165, 1.54) is 4.88 Å². The zero-order valence-corrected chi connectivity index (χ0v) is 15.9. The number of esters is 1. The van der Waals surface area contributed by atoms with E-state index in [-0.39, 0.29) is 5.97 Å². The number of carbonyl (C=O) groups excluding carboxylic acids is 1. The van der Waals surface area contributed by atoms with Gasteiger partial charge in [-0.25, -0.2) is 9.78 Å². The molecule has 0 amide bonds. The van der Waals surface area contributed by atoms with Crippen LogP contribution < -0.4 is 4.74 Å². The van der Waals surface area contributed by atoms with Gasteiger partial charge in [0.1, 0.15) is 10.6 Å². The quantitative estimate of drug-likeness (QED) is 0.613. The number of benzene rings is 1. The smallest absolute Gasteiger partial charge is 0.340 e. The van der Waals surface area contributed by atoms with Crippen LogP contribution in [0.5, 0.6) is 5.75 Å². The Balaban J connectivity index is 2.38. The molecule has 0 N–H and O–H groups in total. The molecule has 0 aliphatic carbocycles. The lowest BCUT2D eigenvalue weighted by atomic mass is 9.94. The van der Waals surface area contributed by atoms with E-state index < -0.39 is 0 Å². The fourth-order valence-electron chi connectivity index (χ4n) is 3.00. The standard InChI is InChI=1S/C20H21NO3S/c1-6-24-20(22)17-12(3)21-19-16(11(2)13(4)25-19)18(17)14-7-9-15(23-5)10-8-14/h7-10H,6H2,1-5H3. The first-order valence-electron chi connectivity index (χ1n) is 8.19. The van der Waals surface area contributed by atoms with Gasteiger partial charge in [-0.1, -0.05) is 12.1 Å². The van der Waals surface area contributed by atoms with Crippen LogP contribution in [-0.4, -0.2) is 24.7 Å². The molecule has 0 saturated carbocycles. The van der Waals surface area contributed by atoms with Crippen LogP contribution in [0.4, 0.5) is 0 Å². The molecule has 130 valence electrons. The van der Waals surface area contributed by atoms with Crippen molar-refractivity contribution in [3.05, 3.63) is 46.0 Å². The van der Waals surface area contributed by atoms with Crippen LogP contribution in [0.15, 0.2) is 24.3 Å². The van der Waals surface area contributed by atoms with E-state index in [9.17, 15) is 4.79 Å². The van der Waals surface area contributed by atoms with Gasteiger partial charge in [0.2, 0.25) is 0 Å². The maximum absolute atomic E-state index is 12.7. The number of rotatable bonds is 4. The Morgan fingerprint density at radius 2 is 1.84 bits per heavy atom. The van der Waals surface area contributed by atoms with E-state index in [2.05, 4.69) is 18.8 Å². The van der Waals surface area contributed by atoms with Crippen molar-refractivity contribution in [3.63, 3.8) is 0 Å². The molecule has 2 aromatic heterocycles. The largest absolute Gasteiger partial charge is 0.497 e. The van der Waals surface area contributed by atoms with Crippen molar-refractivity contribution in [2.75, 3.05) is 13.7 Å². The van der Waals surface area contributed by atoms with E-state index in [0.29, 0.717) is 17.9 Å². The first-order chi connectivity index (χ1) is 12.0. The second-order valence-electron chi connectivity index (χ2n) is 5.86. The highest BCUT2D eigenvalue weighted by Crippen LogP contribution is 2.40. The van der Waals surface area contributed by atoms with Gasteiger partial charge in [0, 0.05) is 15.8 Å². The summed E-state index contributed by atoms with van der Waals surface area (Å²) in [6.07, 6.45) is 0. The summed E-state index contributed by atoms with van der Waals surface area (Å²) in [7, 11) is 1.64. The van der Waals surface area contributed by atoms with E-state index in [1.54, 1.807) is 18.4 Å². The third-order valence-corrected chi connectivity index (χ3v) is 5.46. The highest BCUT2D eigenvalue weighted by Gasteiger charge is 2.24. The molecule has 0 radical (unpaired) electrons. The summed E-state index contributed by atoms with van der Waals surface area (Å²) < 4.78 is 10.6. The summed E-state index contributed by atoms with van der Waals surface area (Å²) in [4.78, 5) is 19.5. The molecule has 0 bridgehead atoms. The number of thiophene rings is 1. The van der Waals surface area contributed by atoms with E-state index >= 15 is 0 Å². The molecule has 0 unspecified atom stereocenters.